The number of ether oxygens (including phenoxy) is 1. The molecule has 3 heteroatoms. The topological polar surface area (TPSA) is 38.5 Å². The van der Waals surface area contributed by atoms with E-state index in [9.17, 15) is 0 Å². The van der Waals surface area contributed by atoms with Crippen LogP contribution in [0.5, 0.6) is 0 Å². The molecule has 94 valence electrons. The molecule has 2 atom stereocenters. The van der Waals surface area contributed by atoms with Gasteiger partial charge in [0.2, 0.25) is 0 Å². The molecule has 1 aromatic carbocycles. The van der Waals surface area contributed by atoms with Gasteiger partial charge in [-0.15, -0.1) is 0 Å². The molecular weight excluding hydrogens is 212 g/mol. The van der Waals surface area contributed by atoms with Crippen LogP contribution in [0, 0.1) is 13.8 Å². The number of nitrogens with zero attached hydrogens (tertiary/aromatic N) is 1. The molecule has 0 aromatic heterocycles. The van der Waals surface area contributed by atoms with E-state index < -0.39 is 0 Å². The van der Waals surface area contributed by atoms with Gasteiger partial charge in [0, 0.05) is 13.1 Å². The second-order valence-electron chi connectivity index (χ2n) is 4.86. The van der Waals surface area contributed by atoms with Crippen LogP contribution in [0.4, 0.5) is 0 Å². The number of nitrogens with two attached hydrogens (primary N) is 1. The Labute approximate surface area is 104 Å². The average molecular weight is 234 g/mol. The zero-order valence-corrected chi connectivity index (χ0v) is 10.9. The third kappa shape index (κ3) is 2.37. The molecule has 1 aromatic rings. The van der Waals surface area contributed by atoms with Crippen molar-refractivity contribution >= 4 is 0 Å². The van der Waals surface area contributed by atoms with E-state index >= 15 is 0 Å². The lowest BCUT2D eigenvalue weighted by atomic mass is 9.92. The fraction of sp³-hybridized carbons (Fsp3) is 0.571. The van der Waals surface area contributed by atoms with E-state index in [4.69, 9.17) is 10.5 Å². The lowest BCUT2D eigenvalue weighted by Crippen LogP contribution is -2.46. The first-order chi connectivity index (χ1) is 8.15. The van der Waals surface area contributed by atoms with Crippen molar-refractivity contribution in [3.8, 4) is 0 Å². The highest BCUT2D eigenvalue weighted by Crippen LogP contribution is 2.31. The summed E-state index contributed by atoms with van der Waals surface area (Å²) in [6.07, 6.45) is 0.106. The van der Waals surface area contributed by atoms with Gasteiger partial charge in [-0.2, -0.15) is 0 Å². The first-order valence-electron chi connectivity index (χ1n) is 6.23. The molecule has 2 unspecified atom stereocenters. The number of morpholine rings is 1. The molecule has 1 saturated heterocycles. The first-order valence-corrected chi connectivity index (χ1v) is 6.23. The summed E-state index contributed by atoms with van der Waals surface area (Å²) >= 11 is 0. The van der Waals surface area contributed by atoms with Crippen LogP contribution in [0.1, 0.15) is 22.7 Å². The lowest BCUT2D eigenvalue weighted by Gasteiger charge is -2.39. The Morgan fingerprint density at radius 2 is 2.18 bits per heavy atom. The summed E-state index contributed by atoms with van der Waals surface area (Å²) in [5.74, 6) is 0. The van der Waals surface area contributed by atoms with Crippen molar-refractivity contribution in [1.29, 1.82) is 0 Å². The monoisotopic (exact) mass is 234 g/mol. The van der Waals surface area contributed by atoms with Crippen molar-refractivity contribution in [2.24, 2.45) is 5.73 Å². The largest absolute Gasteiger partial charge is 0.374 e. The second kappa shape index (κ2) is 5.17. The molecule has 1 fully saturated rings. The Bertz CT molecular complexity index is 392. The minimum atomic E-state index is 0.106. The summed E-state index contributed by atoms with van der Waals surface area (Å²) < 4.78 is 5.79. The summed E-state index contributed by atoms with van der Waals surface area (Å²) in [5.41, 5.74) is 9.87. The highest BCUT2D eigenvalue weighted by molar-refractivity contribution is 5.36. The van der Waals surface area contributed by atoms with Crippen LogP contribution in [0.15, 0.2) is 18.2 Å². The third-order valence-corrected chi connectivity index (χ3v) is 3.80. The third-order valence-electron chi connectivity index (χ3n) is 3.80. The number of rotatable bonds is 2. The smallest absolute Gasteiger partial charge is 0.0894 e. The minimum Gasteiger partial charge on any atom is -0.374 e. The maximum absolute atomic E-state index is 5.83. The van der Waals surface area contributed by atoms with Crippen LogP contribution in [0.25, 0.3) is 0 Å². The van der Waals surface area contributed by atoms with E-state index in [1.807, 2.05) is 0 Å². The Morgan fingerprint density at radius 3 is 2.88 bits per heavy atom. The Balaban J connectivity index is 2.38. The van der Waals surface area contributed by atoms with Gasteiger partial charge in [0.25, 0.3) is 0 Å². The fourth-order valence-electron chi connectivity index (χ4n) is 2.59. The molecule has 2 N–H and O–H groups in total. The van der Waals surface area contributed by atoms with Crippen LogP contribution in [-0.4, -0.2) is 37.7 Å². The van der Waals surface area contributed by atoms with E-state index in [-0.39, 0.29) is 12.1 Å². The van der Waals surface area contributed by atoms with Gasteiger partial charge in [0.05, 0.1) is 18.8 Å². The summed E-state index contributed by atoms with van der Waals surface area (Å²) in [7, 11) is 2.15. The molecule has 0 amide bonds. The van der Waals surface area contributed by atoms with Gasteiger partial charge in [-0.25, -0.2) is 0 Å². The van der Waals surface area contributed by atoms with E-state index in [1.165, 1.54) is 16.7 Å². The number of benzene rings is 1. The molecule has 1 aliphatic rings. The van der Waals surface area contributed by atoms with Crippen LogP contribution < -0.4 is 5.73 Å². The standard InChI is InChI=1S/C14H22N2O/c1-10-5-4-6-12(11(10)2)14-13(9-15)17-8-7-16(14)3/h4-6,13-14H,7-9,15H2,1-3H3. The second-order valence-corrected chi connectivity index (χ2v) is 4.86. The van der Waals surface area contributed by atoms with Crippen molar-refractivity contribution in [2.75, 3.05) is 26.7 Å². The molecule has 0 saturated carbocycles. The van der Waals surface area contributed by atoms with Gasteiger partial charge in [-0.3, -0.25) is 4.90 Å². The van der Waals surface area contributed by atoms with E-state index in [0.717, 1.165) is 13.2 Å². The number of likely N-dealkylation sites (N-methyl/N-ethyl adjacent to an activating group) is 1. The Morgan fingerprint density at radius 1 is 1.41 bits per heavy atom. The van der Waals surface area contributed by atoms with Gasteiger partial charge >= 0.3 is 0 Å². The van der Waals surface area contributed by atoms with Gasteiger partial charge < -0.3 is 10.5 Å². The highest BCUT2D eigenvalue weighted by atomic mass is 16.5. The summed E-state index contributed by atoms with van der Waals surface area (Å²) in [4.78, 5) is 2.35. The molecule has 0 radical (unpaired) electrons. The molecule has 0 aliphatic carbocycles. The molecule has 0 bridgehead atoms. The van der Waals surface area contributed by atoms with Crippen LogP contribution >= 0.6 is 0 Å². The maximum atomic E-state index is 5.83. The zero-order valence-electron chi connectivity index (χ0n) is 10.9. The molecule has 0 spiro atoms. The molecule has 1 heterocycles. The van der Waals surface area contributed by atoms with E-state index in [1.54, 1.807) is 0 Å². The van der Waals surface area contributed by atoms with Crippen molar-refractivity contribution < 1.29 is 4.74 Å². The number of hydrogen-bond acceptors (Lipinski definition) is 3. The highest BCUT2D eigenvalue weighted by Gasteiger charge is 2.31. The molecular formula is C14H22N2O. The van der Waals surface area contributed by atoms with Crippen molar-refractivity contribution in [2.45, 2.75) is 26.0 Å². The van der Waals surface area contributed by atoms with Gasteiger partial charge in [-0.05, 0) is 37.6 Å². The molecule has 17 heavy (non-hydrogen) atoms. The first kappa shape index (κ1) is 12.6. The molecule has 2 rings (SSSR count). The Hall–Kier alpha value is -0.900. The van der Waals surface area contributed by atoms with Crippen molar-refractivity contribution in [3.63, 3.8) is 0 Å². The van der Waals surface area contributed by atoms with E-state index in [2.05, 4.69) is 44.0 Å². The quantitative estimate of drug-likeness (QED) is 0.845. The van der Waals surface area contributed by atoms with Crippen LogP contribution in [0.3, 0.4) is 0 Å². The van der Waals surface area contributed by atoms with Gasteiger partial charge in [-0.1, -0.05) is 18.2 Å². The lowest BCUT2D eigenvalue weighted by molar-refractivity contribution is -0.0578. The van der Waals surface area contributed by atoms with Crippen LogP contribution in [0.2, 0.25) is 0 Å². The van der Waals surface area contributed by atoms with Crippen molar-refractivity contribution in [1.82, 2.24) is 4.90 Å². The Kier molecular flexibility index (Phi) is 3.82. The molecule has 3 nitrogen and oxygen atoms in total. The predicted octanol–water partition coefficient (Wildman–Crippen LogP) is 1.63. The SMILES string of the molecule is Cc1cccc(C2C(CN)OCCN2C)c1C. The molecule has 1 aliphatic heterocycles. The van der Waals surface area contributed by atoms with Gasteiger partial charge in [0.1, 0.15) is 0 Å². The van der Waals surface area contributed by atoms with Crippen LogP contribution in [-0.2, 0) is 4.74 Å². The summed E-state index contributed by atoms with van der Waals surface area (Å²) in [6, 6.07) is 6.75. The number of hydrogen-bond donors (Lipinski definition) is 1. The van der Waals surface area contributed by atoms with Gasteiger partial charge in [0.15, 0.2) is 0 Å². The van der Waals surface area contributed by atoms with E-state index in [0.29, 0.717) is 6.54 Å². The predicted molar refractivity (Wildman–Crippen MR) is 70.1 cm³/mol. The van der Waals surface area contributed by atoms with Crippen molar-refractivity contribution in [3.05, 3.63) is 34.9 Å². The maximum Gasteiger partial charge on any atom is 0.0894 e. The minimum absolute atomic E-state index is 0.106. The average Bonchev–Trinajstić information content (AvgIpc) is 2.33. The normalized spacial score (nSPS) is 26.1. The summed E-state index contributed by atoms with van der Waals surface area (Å²) in [6.45, 7) is 6.65. The fourth-order valence-corrected chi connectivity index (χ4v) is 2.59. The number of aryl methyl sites for hydroxylation is 1. The summed E-state index contributed by atoms with van der Waals surface area (Å²) in [5, 5.41) is 0. The zero-order chi connectivity index (χ0) is 12.4.